The Kier molecular flexibility index (Phi) is 5.84. The molecule has 4 aromatic rings. The summed E-state index contributed by atoms with van der Waals surface area (Å²) in [4.78, 5) is 16.6. The second-order valence-corrected chi connectivity index (χ2v) is 7.54. The largest absolute Gasteiger partial charge is 0.454 e. The molecule has 0 unspecified atom stereocenters. The van der Waals surface area contributed by atoms with E-state index in [0.717, 1.165) is 43.4 Å². The summed E-state index contributed by atoms with van der Waals surface area (Å²) in [6, 6.07) is 8.92. The molecule has 0 saturated carbocycles. The second kappa shape index (κ2) is 8.71. The molecule has 0 N–H and O–H groups in total. The number of hydrogen-bond acceptors (Lipinski definition) is 3. The molecule has 31 heavy (non-hydrogen) atoms. The number of unbranched alkanes of at least 4 members (excludes halogenated alkanes) is 2. The van der Waals surface area contributed by atoms with Crippen LogP contribution in [0.2, 0.25) is 0 Å². The molecule has 0 radical (unpaired) electrons. The number of hydrogen-bond donors (Lipinski definition) is 0. The molecule has 5 nitrogen and oxygen atoms in total. The number of aryl methyl sites for hydroxylation is 2. The molecule has 2 heterocycles. The van der Waals surface area contributed by atoms with Crippen molar-refractivity contribution in [1.29, 1.82) is 0 Å². The van der Waals surface area contributed by atoms with E-state index < -0.39 is 11.6 Å². The summed E-state index contributed by atoms with van der Waals surface area (Å²) < 4.78 is 36.6. The number of imidazole rings is 1. The molecular formula is C24H23F2N3O2. The van der Waals surface area contributed by atoms with Crippen molar-refractivity contribution in [3.05, 3.63) is 82.7 Å². The Hall–Kier alpha value is -3.48. The van der Waals surface area contributed by atoms with Crippen molar-refractivity contribution in [3.63, 3.8) is 0 Å². The van der Waals surface area contributed by atoms with Crippen molar-refractivity contribution in [3.8, 4) is 22.8 Å². The molecular weight excluding hydrogens is 400 g/mol. The van der Waals surface area contributed by atoms with Crippen LogP contribution in [-0.4, -0.2) is 14.0 Å². The molecule has 0 saturated heterocycles. The zero-order valence-corrected chi connectivity index (χ0v) is 17.4. The highest BCUT2D eigenvalue weighted by Crippen LogP contribution is 2.35. The van der Waals surface area contributed by atoms with Crippen molar-refractivity contribution in [2.45, 2.75) is 32.6 Å². The van der Waals surface area contributed by atoms with Gasteiger partial charge in [0.15, 0.2) is 11.6 Å². The summed E-state index contributed by atoms with van der Waals surface area (Å²) in [5.41, 5.74) is 2.74. The molecule has 4 rings (SSSR count). The highest BCUT2D eigenvalue weighted by molar-refractivity contribution is 5.71. The van der Waals surface area contributed by atoms with Gasteiger partial charge in [-0.2, -0.15) is 0 Å². The van der Waals surface area contributed by atoms with E-state index in [1.165, 1.54) is 16.8 Å². The highest BCUT2D eigenvalue weighted by atomic mass is 19.1. The van der Waals surface area contributed by atoms with Crippen LogP contribution in [0.5, 0.6) is 11.5 Å². The Morgan fingerprint density at radius 3 is 2.65 bits per heavy atom. The molecule has 0 bridgehead atoms. The number of benzene rings is 2. The van der Waals surface area contributed by atoms with Crippen LogP contribution in [0.25, 0.3) is 16.8 Å². The fraction of sp³-hybridized carbons (Fsp3) is 0.250. The van der Waals surface area contributed by atoms with Crippen molar-refractivity contribution in [2.75, 3.05) is 0 Å². The summed E-state index contributed by atoms with van der Waals surface area (Å²) in [5.74, 6) is -1.13. The molecule has 0 atom stereocenters. The average molecular weight is 423 g/mol. The maximum atomic E-state index is 14.2. The number of fused-ring (bicyclic) bond motifs is 1. The van der Waals surface area contributed by atoms with Gasteiger partial charge in [-0.05, 0) is 42.7 Å². The topological polar surface area (TPSA) is 48.5 Å². The summed E-state index contributed by atoms with van der Waals surface area (Å²) in [5, 5.41) is 0. The third kappa shape index (κ3) is 4.21. The lowest BCUT2D eigenvalue weighted by Crippen LogP contribution is -2.19. The Balaban J connectivity index is 1.86. The van der Waals surface area contributed by atoms with Gasteiger partial charge in [0.05, 0.1) is 18.2 Å². The van der Waals surface area contributed by atoms with E-state index in [2.05, 4.69) is 11.9 Å². The summed E-state index contributed by atoms with van der Waals surface area (Å²) in [7, 11) is 1.67. The van der Waals surface area contributed by atoms with E-state index in [1.54, 1.807) is 30.0 Å². The molecule has 0 amide bonds. The van der Waals surface area contributed by atoms with E-state index in [1.807, 2.05) is 12.1 Å². The number of aromatic nitrogens is 3. The first kappa shape index (κ1) is 20.8. The maximum absolute atomic E-state index is 14.2. The van der Waals surface area contributed by atoms with Gasteiger partial charge in [0.2, 0.25) is 0 Å². The Labute approximate surface area is 178 Å². The zero-order chi connectivity index (χ0) is 22.0. The van der Waals surface area contributed by atoms with E-state index in [-0.39, 0.29) is 11.3 Å². The van der Waals surface area contributed by atoms with Crippen LogP contribution >= 0.6 is 0 Å². The van der Waals surface area contributed by atoms with Gasteiger partial charge in [0, 0.05) is 24.9 Å². The fourth-order valence-corrected chi connectivity index (χ4v) is 3.61. The van der Waals surface area contributed by atoms with E-state index in [9.17, 15) is 13.6 Å². The number of halogens is 2. The Morgan fingerprint density at radius 1 is 1.06 bits per heavy atom. The van der Waals surface area contributed by atoms with Crippen LogP contribution in [0, 0.1) is 11.6 Å². The van der Waals surface area contributed by atoms with Crippen LogP contribution in [0.3, 0.4) is 0 Å². The molecule has 2 aromatic heterocycles. The average Bonchev–Trinajstić information content (AvgIpc) is 3.24. The van der Waals surface area contributed by atoms with Gasteiger partial charge in [0.25, 0.3) is 5.56 Å². The lowest BCUT2D eigenvalue weighted by Gasteiger charge is -2.16. The zero-order valence-electron chi connectivity index (χ0n) is 17.4. The van der Waals surface area contributed by atoms with Gasteiger partial charge >= 0.3 is 0 Å². The van der Waals surface area contributed by atoms with Crippen molar-refractivity contribution in [1.82, 2.24) is 14.0 Å². The monoisotopic (exact) mass is 423 g/mol. The summed E-state index contributed by atoms with van der Waals surface area (Å²) in [6.45, 7) is 2.15. The van der Waals surface area contributed by atoms with E-state index >= 15 is 0 Å². The van der Waals surface area contributed by atoms with Crippen molar-refractivity contribution in [2.24, 2.45) is 7.05 Å². The van der Waals surface area contributed by atoms with Gasteiger partial charge in [0.1, 0.15) is 17.1 Å². The summed E-state index contributed by atoms with van der Waals surface area (Å²) >= 11 is 0. The predicted molar refractivity (Wildman–Crippen MR) is 116 cm³/mol. The minimum atomic E-state index is -0.786. The molecule has 0 aliphatic heterocycles. The lowest BCUT2D eigenvalue weighted by molar-refractivity contribution is 0.438. The third-order valence-electron chi connectivity index (χ3n) is 5.26. The maximum Gasteiger partial charge on any atom is 0.276 e. The van der Waals surface area contributed by atoms with E-state index in [4.69, 9.17) is 4.74 Å². The van der Waals surface area contributed by atoms with Gasteiger partial charge in [-0.15, -0.1) is 0 Å². The minimum absolute atomic E-state index is 0.0759. The van der Waals surface area contributed by atoms with Gasteiger partial charge in [-0.25, -0.2) is 13.8 Å². The Morgan fingerprint density at radius 2 is 1.87 bits per heavy atom. The van der Waals surface area contributed by atoms with Crippen LogP contribution in [-0.2, 0) is 13.5 Å². The SMILES string of the molecule is CCCCCc1ccc(Oc2ccc(F)cc2F)c(-c2cn(C)c(=O)c3cncn23)c1. The fourth-order valence-electron chi connectivity index (χ4n) is 3.61. The van der Waals surface area contributed by atoms with Gasteiger partial charge in [-0.3, -0.25) is 9.20 Å². The first-order chi connectivity index (χ1) is 15.0. The first-order valence-electron chi connectivity index (χ1n) is 10.3. The molecule has 160 valence electrons. The molecule has 2 aromatic carbocycles. The van der Waals surface area contributed by atoms with Crippen LogP contribution in [0.1, 0.15) is 31.7 Å². The first-order valence-corrected chi connectivity index (χ1v) is 10.3. The normalized spacial score (nSPS) is 11.2. The van der Waals surface area contributed by atoms with Gasteiger partial charge in [-0.1, -0.05) is 25.8 Å². The second-order valence-electron chi connectivity index (χ2n) is 7.54. The van der Waals surface area contributed by atoms with Crippen LogP contribution in [0.4, 0.5) is 8.78 Å². The lowest BCUT2D eigenvalue weighted by atomic mass is 10.0. The quantitative estimate of drug-likeness (QED) is 0.369. The van der Waals surface area contributed by atoms with Crippen LogP contribution in [0.15, 0.2) is 59.9 Å². The standard InChI is InChI=1S/C24H23F2N3O2/c1-3-4-5-6-16-7-9-22(31-23-10-8-17(25)12-19(23)26)18(11-16)21-14-28(2)24(30)20-13-27-15-29(20)21/h7-15H,3-6H2,1-2H3. The Bertz CT molecular complexity index is 1290. The predicted octanol–water partition coefficient (Wildman–Crippen LogP) is 5.50. The minimum Gasteiger partial charge on any atom is -0.454 e. The third-order valence-corrected chi connectivity index (χ3v) is 5.26. The smallest absolute Gasteiger partial charge is 0.276 e. The van der Waals surface area contributed by atoms with Gasteiger partial charge < -0.3 is 9.30 Å². The summed E-state index contributed by atoms with van der Waals surface area (Å²) in [6.07, 6.45) is 8.97. The van der Waals surface area contributed by atoms with E-state index in [0.29, 0.717) is 22.5 Å². The molecule has 0 aliphatic carbocycles. The molecule has 0 fully saturated rings. The number of rotatable bonds is 7. The number of nitrogens with zero attached hydrogens (tertiary/aromatic N) is 3. The molecule has 7 heteroatoms. The molecule has 0 aliphatic rings. The molecule has 0 spiro atoms. The number of ether oxygens (including phenoxy) is 1. The van der Waals surface area contributed by atoms with Crippen LogP contribution < -0.4 is 10.3 Å². The van der Waals surface area contributed by atoms with Crippen molar-refractivity contribution < 1.29 is 13.5 Å². The van der Waals surface area contributed by atoms with Crippen molar-refractivity contribution >= 4 is 5.52 Å². The highest BCUT2D eigenvalue weighted by Gasteiger charge is 2.16.